The zero-order chi connectivity index (χ0) is 4.28. The Morgan fingerprint density at radius 3 is 2.17 bits per heavy atom. The molecule has 0 fully saturated rings. The van der Waals surface area contributed by atoms with Crippen LogP contribution in [0.25, 0.3) is 0 Å². The Kier molecular flexibility index (Phi) is 11.7. The molecule has 2 nitrogen and oxygen atoms in total. The van der Waals surface area contributed by atoms with E-state index >= 15 is 0 Å². The van der Waals surface area contributed by atoms with E-state index in [2.05, 4.69) is 3.82 Å². The van der Waals surface area contributed by atoms with Gasteiger partial charge in [0.15, 0.2) is 0 Å². The zero-order valence-corrected chi connectivity index (χ0v) is 8.76. The van der Waals surface area contributed by atoms with E-state index in [4.69, 9.17) is 0 Å². The SMILES string of the molecule is CC(=O)O[SeH].[H-].[K+]. The minimum Gasteiger partial charge on any atom is -1.00 e. The third-order valence-corrected chi connectivity index (χ3v) is 0.668. The molecule has 0 saturated carbocycles. The fraction of sp³-hybridized carbons (Fsp3) is 0.500. The smallest absolute Gasteiger partial charge is 1.00 e. The van der Waals surface area contributed by atoms with Crippen molar-refractivity contribution in [1.29, 1.82) is 0 Å². The average molecular weight is 179 g/mol. The van der Waals surface area contributed by atoms with Gasteiger partial charge < -0.3 is 1.43 Å². The number of carbonyl (C=O) groups is 1. The normalized spacial score (nSPS) is 5.67. The van der Waals surface area contributed by atoms with Crippen LogP contribution in [0.5, 0.6) is 0 Å². The second-order valence-electron chi connectivity index (χ2n) is 0.583. The number of rotatable bonds is 0. The molecule has 32 valence electrons. The molecular formula is C2H5KO2Se. The second kappa shape index (κ2) is 6.63. The molecule has 0 bridgehead atoms. The minimum absolute atomic E-state index is 0. The van der Waals surface area contributed by atoms with Crippen molar-refractivity contribution in [3.05, 3.63) is 0 Å². The van der Waals surface area contributed by atoms with Crippen molar-refractivity contribution in [3.8, 4) is 0 Å². The van der Waals surface area contributed by atoms with Crippen molar-refractivity contribution in [1.82, 2.24) is 0 Å². The first-order chi connectivity index (χ1) is 2.27. The van der Waals surface area contributed by atoms with E-state index in [-0.39, 0.29) is 58.8 Å². The molecule has 0 atom stereocenters. The van der Waals surface area contributed by atoms with E-state index < -0.39 is 0 Å². The van der Waals surface area contributed by atoms with Crippen LogP contribution in [-0.2, 0) is 8.61 Å². The van der Waals surface area contributed by atoms with Gasteiger partial charge in [-0.2, -0.15) is 0 Å². The van der Waals surface area contributed by atoms with Gasteiger partial charge in [-0.3, -0.25) is 0 Å². The molecule has 0 aromatic heterocycles. The Labute approximate surface area is 89.0 Å². The van der Waals surface area contributed by atoms with Gasteiger partial charge in [0.2, 0.25) is 0 Å². The van der Waals surface area contributed by atoms with Gasteiger partial charge in [0, 0.05) is 0 Å². The molecule has 0 aliphatic heterocycles. The molecule has 0 aliphatic rings. The summed E-state index contributed by atoms with van der Waals surface area (Å²) in [6.07, 6.45) is 0. The molecule has 0 heterocycles. The standard InChI is InChI=1S/C2H4O2Se.K.H/c1-2(3)4-5;;/h5H,1H3;;/q;+1;-1. The Morgan fingerprint density at radius 1 is 2.00 bits per heavy atom. The molecule has 0 radical (unpaired) electrons. The fourth-order valence-electron chi connectivity index (χ4n) is 0. The summed E-state index contributed by atoms with van der Waals surface area (Å²) in [4.78, 5) is 9.57. The quantitative estimate of drug-likeness (QED) is 0.360. The molecule has 0 aromatic rings. The van der Waals surface area contributed by atoms with Crippen LogP contribution < -0.4 is 51.4 Å². The first-order valence-corrected chi connectivity index (χ1v) is 1.86. The fourth-order valence-corrected chi connectivity index (χ4v) is 0. The minimum atomic E-state index is -0.273. The maximum Gasteiger partial charge on any atom is 1.00 e. The summed E-state index contributed by atoms with van der Waals surface area (Å²) in [6, 6.07) is 0. The molecule has 0 spiro atoms. The first-order valence-electron chi connectivity index (χ1n) is 1.09. The van der Waals surface area contributed by atoms with Gasteiger partial charge >= 0.3 is 89.2 Å². The summed E-state index contributed by atoms with van der Waals surface area (Å²) in [5, 5.41) is 0. The van der Waals surface area contributed by atoms with E-state index in [0.29, 0.717) is 0 Å². The number of hydrogen-bond donors (Lipinski definition) is 0. The molecule has 0 aromatic carbocycles. The second-order valence-corrected chi connectivity index (χ2v) is 0.966. The summed E-state index contributed by atoms with van der Waals surface area (Å²) in [5.41, 5.74) is 0. The van der Waals surface area contributed by atoms with Gasteiger partial charge in [-0.1, -0.05) is 0 Å². The van der Waals surface area contributed by atoms with Gasteiger partial charge in [0.25, 0.3) is 0 Å². The summed E-state index contributed by atoms with van der Waals surface area (Å²) >= 11 is 1.72. The van der Waals surface area contributed by atoms with E-state index in [1.54, 1.807) is 16.3 Å². The zero-order valence-electron chi connectivity index (χ0n) is 4.76. The third kappa shape index (κ3) is 9.16. The first kappa shape index (κ1) is 10.6. The van der Waals surface area contributed by atoms with Crippen molar-refractivity contribution >= 4 is 22.3 Å². The molecule has 4 heteroatoms. The van der Waals surface area contributed by atoms with Gasteiger partial charge in [-0.25, -0.2) is 0 Å². The molecule has 0 unspecified atom stereocenters. The van der Waals surface area contributed by atoms with E-state index in [1.165, 1.54) is 6.92 Å². The largest absolute Gasteiger partial charge is 1.00 e. The predicted molar refractivity (Wildman–Crippen MR) is 20.0 cm³/mol. The van der Waals surface area contributed by atoms with Crippen LogP contribution in [0.3, 0.4) is 0 Å². The van der Waals surface area contributed by atoms with Crippen LogP contribution in [0.2, 0.25) is 0 Å². The van der Waals surface area contributed by atoms with Crippen molar-refractivity contribution in [3.63, 3.8) is 0 Å². The maximum atomic E-state index is 9.57. The van der Waals surface area contributed by atoms with Crippen LogP contribution in [0.4, 0.5) is 0 Å². The van der Waals surface area contributed by atoms with Crippen molar-refractivity contribution in [2.24, 2.45) is 0 Å². The summed E-state index contributed by atoms with van der Waals surface area (Å²) in [7, 11) is 0. The Hall–Kier alpha value is 1.63. The van der Waals surface area contributed by atoms with Crippen LogP contribution in [-0.4, -0.2) is 22.3 Å². The summed E-state index contributed by atoms with van der Waals surface area (Å²) in [6.45, 7) is 1.35. The molecule has 0 aliphatic carbocycles. The number of carbonyl (C=O) groups excluding carboxylic acids is 1. The van der Waals surface area contributed by atoms with Crippen LogP contribution in [0.15, 0.2) is 0 Å². The molecule has 0 N–H and O–H groups in total. The third-order valence-electron chi connectivity index (χ3n) is 0.129. The van der Waals surface area contributed by atoms with E-state index in [0.717, 1.165) is 0 Å². The van der Waals surface area contributed by atoms with Crippen LogP contribution in [0, 0.1) is 0 Å². The molecule has 6 heavy (non-hydrogen) atoms. The molecule has 0 rings (SSSR count). The van der Waals surface area contributed by atoms with Crippen molar-refractivity contribution < 1.29 is 61.4 Å². The Morgan fingerprint density at radius 2 is 2.17 bits per heavy atom. The maximum absolute atomic E-state index is 9.57. The molecular weight excluding hydrogens is 174 g/mol. The Balaban J connectivity index is -0.0000000800. The average Bonchev–Trinajstić information content (AvgIpc) is 1.38. The van der Waals surface area contributed by atoms with Gasteiger partial charge in [0.1, 0.15) is 0 Å². The molecule has 0 amide bonds. The van der Waals surface area contributed by atoms with Crippen LogP contribution >= 0.6 is 0 Å². The predicted octanol–water partition coefficient (Wildman–Crippen LogP) is -3.52. The molecule has 0 saturated heterocycles. The van der Waals surface area contributed by atoms with E-state index in [9.17, 15) is 4.79 Å². The summed E-state index contributed by atoms with van der Waals surface area (Å²) in [5.74, 6) is -0.273. The summed E-state index contributed by atoms with van der Waals surface area (Å²) < 4.78 is 4.05. The van der Waals surface area contributed by atoms with Crippen molar-refractivity contribution in [2.75, 3.05) is 0 Å². The van der Waals surface area contributed by atoms with Gasteiger partial charge in [-0.15, -0.1) is 0 Å². The van der Waals surface area contributed by atoms with Gasteiger partial charge in [0.05, 0.1) is 0 Å². The van der Waals surface area contributed by atoms with Crippen LogP contribution in [0.1, 0.15) is 8.35 Å². The monoisotopic (exact) mass is 180 g/mol. The van der Waals surface area contributed by atoms with Crippen molar-refractivity contribution in [2.45, 2.75) is 6.92 Å². The topological polar surface area (TPSA) is 26.3 Å². The van der Waals surface area contributed by atoms with E-state index in [1.807, 2.05) is 0 Å². The van der Waals surface area contributed by atoms with Gasteiger partial charge in [-0.05, 0) is 0 Å². The number of hydrogen-bond acceptors (Lipinski definition) is 2. The Bertz CT molecular complexity index is 51.0.